The average Bonchev–Trinajstić information content (AvgIpc) is 3.14. The molecule has 1 unspecified atom stereocenters. The fourth-order valence-corrected chi connectivity index (χ4v) is 3.05. The van der Waals surface area contributed by atoms with Crippen molar-refractivity contribution in [2.45, 2.75) is 32.2 Å². The standard InChI is InChI=1S/C20H25FN6O3/c1-2-30-18(29)9-10-24-20(26-13-22)25-12-16(27-11-3-4-17(27)28)19(23)14-5-7-15(21)8-6-14/h5-8,16,23H,2-4,9-12H2,1H3,(H2,24,25,26). The zero-order valence-corrected chi connectivity index (χ0v) is 16.8. The Labute approximate surface area is 174 Å². The Morgan fingerprint density at radius 1 is 1.43 bits per heavy atom. The highest BCUT2D eigenvalue weighted by Gasteiger charge is 2.31. The normalized spacial score (nSPS) is 14.8. The summed E-state index contributed by atoms with van der Waals surface area (Å²) in [6.45, 7) is 2.73. The molecular weight excluding hydrogens is 391 g/mol. The molecule has 0 aliphatic carbocycles. The van der Waals surface area contributed by atoms with E-state index in [9.17, 15) is 14.0 Å². The molecule has 1 fully saturated rings. The smallest absolute Gasteiger partial charge is 0.307 e. The van der Waals surface area contributed by atoms with Gasteiger partial charge in [-0.2, -0.15) is 5.26 Å². The van der Waals surface area contributed by atoms with Crippen molar-refractivity contribution in [3.63, 3.8) is 0 Å². The molecule has 1 aromatic carbocycles. The Balaban J connectivity index is 2.13. The third-order valence-corrected chi connectivity index (χ3v) is 4.50. The number of aliphatic imine (C=N–C) groups is 1. The van der Waals surface area contributed by atoms with E-state index in [2.05, 4.69) is 15.6 Å². The highest BCUT2D eigenvalue weighted by atomic mass is 19.1. The minimum atomic E-state index is -0.659. The summed E-state index contributed by atoms with van der Waals surface area (Å²) < 4.78 is 18.1. The zero-order chi connectivity index (χ0) is 21.9. The molecule has 10 heteroatoms. The van der Waals surface area contributed by atoms with Crippen LogP contribution in [0.5, 0.6) is 0 Å². The third kappa shape index (κ3) is 6.55. The van der Waals surface area contributed by atoms with Gasteiger partial charge in [0.15, 0.2) is 6.19 Å². The summed E-state index contributed by atoms with van der Waals surface area (Å²) in [5.74, 6) is -0.734. The van der Waals surface area contributed by atoms with Crippen LogP contribution in [0.2, 0.25) is 0 Å². The number of hydrogen-bond donors (Lipinski definition) is 3. The Morgan fingerprint density at radius 3 is 2.77 bits per heavy atom. The lowest BCUT2D eigenvalue weighted by Crippen LogP contribution is -2.45. The maximum Gasteiger partial charge on any atom is 0.307 e. The first-order valence-electron chi connectivity index (χ1n) is 9.69. The van der Waals surface area contributed by atoms with Gasteiger partial charge in [0.2, 0.25) is 11.9 Å². The second-order valence-electron chi connectivity index (χ2n) is 6.53. The summed E-state index contributed by atoms with van der Waals surface area (Å²) >= 11 is 0. The fourth-order valence-electron chi connectivity index (χ4n) is 3.05. The van der Waals surface area contributed by atoms with Crippen molar-refractivity contribution in [1.82, 2.24) is 15.5 Å². The van der Waals surface area contributed by atoms with Crippen LogP contribution in [-0.4, -0.2) is 60.7 Å². The lowest BCUT2D eigenvalue weighted by Gasteiger charge is -2.27. The second-order valence-corrected chi connectivity index (χ2v) is 6.53. The Morgan fingerprint density at radius 2 is 2.17 bits per heavy atom. The Kier molecular flexibility index (Phi) is 8.75. The number of guanidine groups is 1. The Hall–Kier alpha value is -3.48. The monoisotopic (exact) mass is 416 g/mol. The number of nitrogens with one attached hydrogen (secondary N) is 3. The van der Waals surface area contributed by atoms with Gasteiger partial charge in [-0.3, -0.25) is 14.9 Å². The third-order valence-electron chi connectivity index (χ3n) is 4.50. The SMILES string of the molecule is CCOC(=O)CCNC(=NCC(C(=N)c1ccc(F)cc1)N1CCCC1=O)NC#N. The van der Waals surface area contributed by atoms with Crippen LogP contribution in [0, 0.1) is 22.7 Å². The first-order chi connectivity index (χ1) is 14.5. The van der Waals surface area contributed by atoms with Crippen LogP contribution >= 0.6 is 0 Å². The van der Waals surface area contributed by atoms with Crippen LogP contribution in [-0.2, 0) is 14.3 Å². The van der Waals surface area contributed by atoms with Crippen LogP contribution in [0.1, 0.15) is 31.7 Å². The number of carbonyl (C=O) groups is 2. The molecule has 30 heavy (non-hydrogen) atoms. The maximum absolute atomic E-state index is 13.2. The van der Waals surface area contributed by atoms with Gasteiger partial charge in [0.05, 0.1) is 31.3 Å². The van der Waals surface area contributed by atoms with E-state index in [0.717, 1.165) is 0 Å². The predicted octanol–water partition coefficient (Wildman–Crippen LogP) is 1.15. The summed E-state index contributed by atoms with van der Waals surface area (Å²) in [7, 11) is 0. The van der Waals surface area contributed by atoms with E-state index in [1.54, 1.807) is 18.0 Å². The number of hydrogen-bond acceptors (Lipinski definition) is 6. The van der Waals surface area contributed by atoms with Crippen molar-refractivity contribution < 1.29 is 18.7 Å². The molecule has 160 valence electrons. The molecule has 1 heterocycles. The van der Waals surface area contributed by atoms with Crippen molar-refractivity contribution in [3.8, 4) is 6.19 Å². The highest BCUT2D eigenvalue weighted by molar-refractivity contribution is 6.04. The Bertz CT molecular complexity index is 834. The van der Waals surface area contributed by atoms with Crippen molar-refractivity contribution >= 4 is 23.5 Å². The molecule has 0 bridgehead atoms. The number of halogens is 1. The molecule has 3 N–H and O–H groups in total. The molecule has 0 radical (unpaired) electrons. The van der Waals surface area contributed by atoms with Gasteiger partial charge in [0.25, 0.3) is 0 Å². The second kappa shape index (κ2) is 11.5. The number of ether oxygens (including phenoxy) is 1. The number of carbonyl (C=O) groups excluding carboxylic acids is 2. The molecule has 2 rings (SSSR count). The molecule has 0 spiro atoms. The van der Waals surface area contributed by atoms with Gasteiger partial charge in [-0.1, -0.05) is 12.1 Å². The number of nitrogens with zero attached hydrogens (tertiary/aromatic N) is 3. The fraction of sp³-hybridized carbons (Fsp3) is 0.450. The van der Waals surface area contributed by atoms with Crippen LogP contribution in [0.4, 0.5) is 4.39 Å². The average molecular weight is 416 g/mol. The van der Waals surface area contributed by atoms with E-state index in [0.29, 0.717) is 24.9 Å². The summed E-state index contributed by atoms with van der Waals surface area (Å²) in [6.07, 6.45) is 2.95. The van der Waals surface area contributed by atoms with E-state index < -0.39 is 11.9 Å². The molecule has 1 atom stereocenters. The van der Waals surface area contributed by atoms with E-state index in [1.807, 2.05) is 0 Å². The molecular formula is C20H25FN6O3. The summed E-state index contributed by atoms with van der Waals surface area (Å²) in [4.78, 5) is 29.6. The predicted molar refractivity (Wildman–Crippen MR) is 108 cm³/mol. The van der Waals surface area contributed by atoms with E-state index in [-0.39, 0.29) is 49.7 Å². The molecule has 0 aromatic heterocycles. The highest BCUT2D eigenvalue weighted by Crippen LogP contribution is 2.18. The van der Waals surface area contributed by atoms with E-state index >= 15 is 0 Å². The molecule has 1 aliphatic heterocycles. The van der Waals surface area contributed by atoms with Crippen molar-refractivity contribution in [3.05, 3.63) is 35.6 Å². The number of amides is 1. The van der Waals surface area contributed by atoms with Gasteiger partial charge in [0, 0.05) is 19.5 Å². The minimum absolute atomic E-state index is 0.0262. The van der Waals surface area contributed by atoms with Crippen LogP contribution in [0.25, 0.3) is 0 Å². The minimum Gasteiger partial charge on any atom is -0.466 e. The lowest BCUT2D eigenvalue weighted by molar-refractivity contribution is -0.142. The molecule has 1 aliphatic rings. The van der Waals surface area contributed by atoms with Crippen LogP contribution in [0.15, 0.2) is 29.3 Å². The number of benzene rings is 1. The molecule has 1 aromatic rings. The van der Waals surface area contributed by atoms with E-state index in [4.69, 9.17) is 15.4 Å². The molecule has 1 saturated heterocycles. The van der Waals surface area contributed by atoms with E-state index in [1.165, 1.54) is 24.3 Å². The van der Waals surface area contributed by atoms with Crippen molar-refractivity contribution in [2.24, 2.45) is 4.99 Å². The van der Waals surface area contributed by atoms with Gasteiger partial charge >= 0.3 is 5.97 Å². The van der Waals surface area contributed by atoms with Crippen molar-refractivity contribution in [2.75, 3.05) is 26.2 Å². The lowest BCUT2D eigenvalue weighted by atomic mass is 10.0. The number of rotatable bonds is 9. The first-order valence-corrected chi connectivity index (χ1v) is 9.69. The van der Waals surface area contributed by atoms with Gasteiger partial charge in [0.1, 0.15) is 5.82 Å². The van der Waals surface area contributed by atoms with Crippen molar-refractivity contribution in [1.29, 1.82) is 10.7 Å². The largest absolute Gasteiger partial charge is 0.466 e. The summed E-state index contributed by atoms with van der Waals surface area (Å²) in [6, 6.07) is 4.83. The topological polar surface area (TPSA) is 131 Å². The van der Waals surface area contributed by atoms with Gasteiger partial charge < -0.3 is 20.4 Å². The zero-order valence-electron chi connectivity index (χ0n) is 16.8. The van der Waals surface area contributed by atoms with Gasteiger partial charge in [-0.05, 0) is 31.0 Å². The maximum atomic E-state index is 13.2. The molecule has 0 saturated carbocycles. The van der Waals surface area contributed by atoms with Gasteiger partial charge in [-0.25, -0.2) is 9.38 Å². The number of nitriles is 1. The summed E-state index contributed by atoms with van der Waals surface area (Å²) in [5, 5.41) is 22.7. The molecule has 9 nitrogen and oxygen atoms in total. The quantitative estimate of drug-likeness (QED) is 0.182. The number of esters is 1. The van der Waals surface area contributed by atoms with Crippen LogP contribution in [0.3, 0.4) is 0 Å². The summed E-state index contributed by atoms with van der Waals surface area (Å²) in [5.41, 5.74) is 0.623. The first kappa shape index (κ1) is 22.8. The van der Waals surface area contributed by atoms with Gasteiger partial charge in [-0.15, -0.1) is 0 Å². The number of likely N-dealkylation sites (tertiary alicyclic amines) is 1. The molecule has 1 amide bonds. The van der Waals surface area contributed by atoms with Crippen LogP contribution < -0.4 is 10.6 Å².